The molecule has 0 N–H and O–H groups in total. The van der Waals surface area contributed by atoms with Crippen LogP contribution in [0.3, 0.4) is 0 Å². The molecule has 1 amide bonds. The first-order valence-corrected chi connectivity index (χ1v) is 8.49. The third-order valence-electron chi connectivity index (χ3n) is 3.16. The molecule has 0 radical (unpaired) electrons. The van der Waals surface area contributed by atoms with Gasteiger partial charge in [0.05, 0.1) is 17.3 Å². The van der Waals surface area contributed by atoms with Crippen LogP contribution in [0.1, 0.15) is 26.3 Å². The number of thioether (sulfide) groups is 1. The van der Waals surface area contributed by atoms with E-state index in [4.69, 9.17) is 0 Å². The molecule has 1 aliphatic heterocycles. The summed E-state index contributed by atoms with van der Waals surface area (Å²) in [6, 6.07) is 7.85. The summed E-state index contributed by atoms with van der Waals surface area (Å²) < 4.78 is 1.01. The van der Waals surface area contributed by atoms with Gasteiger partial charge in [-0.15, -0.1) is 0 Å². The predicted molar refractivity (Wildman–Crippen MR) is 89.7 cm³/mol. The standard InChI is InChI=1S/C16H18BrNO2S/c1-16(2,3)13(19)8-15-18(14(20)10-21-15)9-11-4-6-12(17)7-5-11/h4-8H,9-10H2,1-3H3/b15-8-. The molecule has 1 saturated heterocycles. The van der Waals surface area contributed by atoms with Crippen LogP contribution in [0.5, 0.6) is 0 Å². The number of allylic oxidation sites excluding steroid dienone is 1. The highest BCUT2D eigenvalue weighted by Crippen LogP contribution is 2.32. The Hall–Kier alpha value is -1.07. The van der Waals surface area contributed by atoms with Gasteiger partial charge in [0, 0.05) is 16.0 Å². The summed E-state index contributed by atoms with van der Waals surface area (Å²) in [5.41, 5.74) is 0.616. The number of hydrogen-bond acceptors (Lipinski definition) is 3. The van der Waals surface area contributed by atoms with Crippen molar-refractivity contribution in [3.8, 4) is 0 Å². The number of nitrogens with zero attached hydrogens (tertiary/aromatic N) is 1. The zero-order chi connectivity index (χ0) is 15.6. The van der Waals surface area contributed by atoms with Gasteiger partial charge >= 0.3 is 0 Å². The van der Waals surface area contributed by atoms with Crippen LogP contribution in [-0.2, 0) is 16.1 Å². The average molecular weight is 368 g/mol. The van der Waals surface area contributed by atoms with Crippen molar-refractivity contribution in [3.63, 3.8) is 0 Å². The average Bonchev–Trinajstić information content (AvgIpc) is 2.73. The van der Waals surface area contributed by atoms with Crippen molar-refractivity contribution in [3.05, 3.63) is 45.4 Å². The molecule has 0 spiro atoms. The van der Waals surface area contributed by atoms with Gasteiger partial charge in [0.1, 0.15) is 0 Å². The molecule has 0 aromatic heterocycles. The summed E-state index contributed by atoms with van der Waals surface area (Å²) in [7, 11) is 0. The SMILES string of the molecule is CC(C)(C)C(=O)/C=C1\SCC(=O)N1Cc1ccc(Br)cc1. The highest BCUT2D eigenvalue weighted by atomic mass is 79.9. The number of carbonyl (C=O) groups excluding carboxylic acids is 2. The Labute approximate surface area is 137 Å². The van der Waals surface area contributed by atoms with Crippen molar-refractivity contribution in [2.45, 2.75) is 27.3 Å². The summed E-state index contributed by atoms with van der Waals surface area (Å²) in [5, 5.41) is 0.753. The molecule has 0 bridgehead atoms. The van der Waals surface area contributed by atoms with E-state index in [1.165, 1.54) is 11.8 Å². The van der Waals surface area contributed by atoms with Crippen LogP contribution in [0.4, 0.5) is 0 Å². The number of rotatable bonds is 3. The molecular formula is C16H18BrNO2S. The zero-order valence-electron chi connectivity index (χ0n) is 12.4. The van der Waals surface area contributed by atoms with Crippen molar-refractivity contribution in [2.24, 2.45) is 5.41 Å². The van der Waals surface area contributed by atoms with Crippen LogP contribution in [0.15, 0.2) is 39.8 Å². The Morgan fingerprint density at radius 2 is 1.95 bits per heavy atom. The first-order valence-electron chi connectivity index (χ1n) is 6.71. The third kappa shape index (κ3) is 4.20. The van der Waals surface area contributed by atoms with Gasteiger partial charge in [-0.3, -0.25) is 9.59 Å². The maximum atomic E-state index is 12.1. The van der Waals surface area contributed by atoms with E-state index in [1.54, 1.807) is 11.0 Å². The highest BCUT2D eigenvalue weighted by Gasteiger charge is 2.29. The fraction of sp³-hybridized carbons (Fsp3) is 0.375. The smallest absolute Gasteiger partial charge is 0.238 e. The summed E-state index contributed by atoms with van der Waals surface area (Å²) in [4.78, 5) is 25.9. The van der Waals surface area contributed by atoms with Gasteiger partial charge < -0.3 is 4.90 Å². The van der Waals surface area contributed by atoms with E-state index in [0.717, 1.165) is 15.1 Å². The number of halogens is 1. The summed E-state index contributed by atoms with van der Waals surface area (Å²) in [6.07, 6.45) is 1.61. The van der Waals surface area contributed by atoms with Gasteiger partial charge in [-0.1, -0.05) is 60.6 Å². The van der Waals surface area contributed by atoms with Crippen molar-refractivity contribution in [1.82, 2.24) is 4.90 Å². The Bertz CT molecular complexity index is 587. The van der Waals surface area contributed by atoms with E-state index in [0.29, 0.717) is 12.3 Å². The molecule has 1 aromatic carbocycles. The minimum atomic E-state index is -0.428. The van der Waals surface area contributed by atoms with E-state index in [9.17, 15) is 9.59 Å². The van der Waals surface area contributed by atoms with E-state index in [-0.39, 0.29) is 11.7 Å². The number of amides is 1. The Morgan fingerprint density at radius 3 is 2.52 bits per heavy atom. The zero-order valence-corrected chi connectivity index (χ0v) is 14.8. The normalized spacial score (nSPS) is 17.6. The molecule has 1 fully saturated rings. The lowest BCUT2D eigenvalue weighted by Crippen LogP contribution is -2.25. The quantitative estimate of drug-likeness (QED) is 0.758. The van der Waals surface area contributed by atoms with Crippen LogP contribution in [0.25, 0.3) is 0 Å². The summed E-state index contributed by atoms with van der Waals surface area (Å²) in [6.45, 7) is 6.15. The van der Waals surface area contributed by atoms with E-state index in [1.807, 2.05) is 45.0 Å². The number of carbonyl (C=O) groups is 2. The van der Waals surface area contributed by atoms with E-state index < -0.39 is 5.41 Å². The molecular weight excluding hydrogens is 350 g/mol. The molecule has 0 saturated carbocycles. The number of benzene rings is 1. The minimum Gasteiger partial charge on any atom is -0.301 e. The fourth-order valence-corrected chi connectivity index (χ4v) is 3.01. The topological polar surface area (TPSA) is 37.4 Å². The van der Waals surface area contributed by atoms with Gasteiger partial charge in [0.15, 0.2) is 5.78 Å². The van der Waals surface area contributed by atoms with Gasteiger partial charge in [0.2, 0.25) is 5.91 Å². The predicted octanol–water partition coefficient (Wildman–Crippen LogP) is 3.98. The molecule has 0 atom stereocenters. The van der Waals surface area contributed by atoms with Crippen LogP contribution in [0, 0.1) is 5.41 Å². The molecule has 0 aliphatic carbocycles. The van der Waals surface area contributed by atoms with Gasteiger partial charge in [-0.05, 0) is 17.7 Å². The number of ketones is 1. The largest absolute Gasteiger partial charge is 0.301 e. The first-order chi connectivity index (χ1) is 9.77. The van der Waals surface area contributed by atoms with Gasteiger partial charge in [0.25, 0.3) is 0 Å². The second kappa shape index (κ2) is 6.36. The molecule has 5 heteroatoms. The lowest BCUT2D eigenvalue weighted by Gasteiger charge is -2.19. The monoisotopic (exact) mass is 367 g/mol. The summed E-state index contributed by atoms with van der Waals surface area (Å²) in [5.74, 6) is 0.496. The van der Waals surface area contributed by atoms with Gasteiger partial charge in [-0.25, -0.2) is 0 Å². The maximum absolute atomic E-state index is 12.1. The van der Waals surface area contributed by atoms with Crippen molar-refractivity contribution < 1.29 is 9.59 Å². The van der Waals surface area contributed by atoms with Crippen LogP contribution in [-0.4, -0.2) is 22.3 Å². The van der Waals surface area contributed by atoms with Crippen LogP contribution < -0.4 is 0 Å². The molecule has 3 nitrogen and oxygen atoms in total. The van der Waals surface area contributed by atoms with E-state index >= 15 is 0 Å². The lowest BCUT2D eigenvalue weighted by molar-refractivity contribution is -0.125. The van der Waals surface area contributed by atoms with Crippen molar-refractivity contribution >= 4 is 39.4 Å². The Kier molecular flexibility index (Phi) is 4.94. The second-order valence-electron chi connectivity index (χ2n) is 5.99. The molecule has 1 aliphatic rings. The minimum absolute atomic E-state index is 0.0421. The van der Waals surface area contributed by atoms with Crippen molar-refractivity contribution in [2.75, 3.05) is 5.75 Å². The molecule has 21 heavy (non-hydrogen) atoms. The molecule has 112 valence electrons. The van der Waals surface area contributed by atoms with E-state index in [2.05, 4.69) is 15.9 Å². The second-order valence-corrected chi connectivity index (χ2v) is 7.90. The molecule has 1 aromatic rings. The first kappa shape index (κ1) is 16.3. The van der Waals surface area contributed by atoms with Crippen LogP contribution in [0.2, 0.25) is 0 Å². The fourth-order valence-electron chi connectivity index (χ4n) is 1.80. The lowest BCUT2D eigenvalue weighted by atomic mass is 9.91. The summed E-state index contributed by atoms with van der Waals surface area (Å²) >= 11 is 4.83. The van der Waals surface area contributed by atoms with Crippen LogP contribution >= 0.6 is 27.7 Å². The number of hydrogen-bond donors (Lipinski definition) is 0. The molecule has 2 rings (SSSR count). The molecule has 0 unspecified atom stereocenters. The highest BCUT2D eigenvalue weighted by molar-refractivity contribution is 9.10. The molecule has 1 heterocycles. The Balaban J connectivity index is 2.19. The van der Waals surface area contributed by atoms with Gasteiger partial charge in [-0.2, -0.15) is 0 Å². The maximum Gasteiger partial charge on any atom is 0.238 e. The third-order valence-corrected chi connectivity index (χ3v) is 4.71. The Morgan fingerprint density at radius 1 is 1.33 bits per heavy atom. The van der Waals surface area contributed by atoms with Crippen molar-refractivity contribution in [1.29, 1.82) is 0 Å².